The smallest absolute Gasteiger partial charge is 0.155 e. The van der Waals surface area contributed by atoms with Crippen molar-refractivity contribution in [3.05, 3.63) is 24.3 Å². The van der Waals surface area contributed by atoms with Crippen molar-refractivity contribution in [3.8, 4) is 0 Å². The van der Waals surface area contributed by atoms with Gasteiger partial charge in [-0.05, 0) is 31.8 Å². The molecule has 0 bridgehead atoms. The van der Waals surface area contributed by atoms with Crippen molar-refractivity contribution in [2.24, 2.45) is 5.92 Å². The predicted octanol–water partition coefficient (Wildman–Crippen LogP) is 2.49. The zero-order valence-corrected chi connectivity index (χ0v) is 6.97. The molecule has 1 heteroatoms. The van der Waals surface area contributed by atoms with Gasteiger partial charge in [-0.2, -0.15) is 0 Å². The zero-order chi connectivity index (χ0) is 8.27. The van der Waals surface area contributed by atoms with Crippen LogP contribution in [0.4, 0.5) is 0 Å². The Labute approximate surface area is 67.8 Å². The molecule has 60 valence electrons. The summed E-state index contributed by atoms with van der Waals surface area (Å²) in [5.74, 6) is 0.855. The van der Waals surface area contributed by atoms with E-state index in [0.717, 1.165) is 19.3 Å². The first kappa shape index (κ1) is 8.25. The van der Waals surface area contributed by atoms with E-state index in [1.54, 1.807) is 6.08 Å². The normalized spacial score (nSPS) is 24.6. The average molecular weight is 150 g/mol. The van der Waals surface area contributed by atoms with E-state index < -0.39 is 0 Å². The lowest BCUT2D eigenvalue weighted by molar-refractivity contribution is -0.115. The Balaban J connectivity index is 2.63. The van der Waals surface area contributed by atoms with Crippen molar-refractivity contribution < 1.29 is 4.79 Å². The SMILES string of the molecule is C=CCC1CCC(=O)C=C1C. The average Bonchev–Trinajstić information content (AvgIpc) is 1.95. The fourth-order valence-electron chi connectivity index (χ4n) is 1.49. The van der Waals surface area contributed by atoms with Crippen molar-refractivity contribution in [2.45, 2.75) is 26.2 Å². The molecule has 1 aliphatic carbocycles. The molecule has 0 aliphatic heterocycles. The number of ketones is 1. The fourth-order valence-corrected chi connectivity index (χ4v) is 1.49. The third kappa shape index (κ3) is 2.04. The maximum Gasteiger partial charge on any atom is 0.155 e. The maximum atomic E-state index is 10.9. The van der Waals surface area contributed by atoms with Crippen LogP contribution in [-0.4, -0.2) is 5.78 Å². The lowest BCUT2D eigenvalue weighted by Crippen LogP contribution is -2.11. The summed E-state index contributed by atoms with van der Waals surface area (Å²) < 4.78 is 0. The molecular formula is C10H14O. The Morgan fingerprint density at radius 3 is 3.09 bits per heavy atom. The molecule has 0 saturated heterocycles. The van der Waals surface area contributed by atoms with Crippen molar-refractivity contribution in [1.29, 1.82) is 0 Å². The van der Waals surface area contributed by atoms with E-state index >= 15 is 0 Å². The van der Waals surface area contributed by atoms with Crippen LogP contribution in [0.25, 0.3) is 0 Å². The number of hydrogen-bond acceptors (Lipinski definition) is 1. The molecule has 11 heavy (non-hydrogen) atoms. The first-order chi connectivity index (χ1) is 5.24. The van der Waals surface area contributed by atoms with Gasteiger partial charge < -0.3 is 0 Å². The molecule has 1 aliphatic rings. The van der Waals surface area contributed by atoms with E-state index in [4.69, 9.17) is 0 Å². The first-order valence-corrected chi connectivity index (χ1v) is 4.06. The van der Waals surface area contributed by atoms with Crippen molar-refractivity contribution in [3.63, 3.8) is 0 Å². The standard InChI is InChI=1S/C10H14O/c1-3-4-9-5-6-10(11)7-8(9)2/h3,7,9H,1,4-6H2,2H3. The Hall–Kier alpha value is -0.850. The van der Waals surface area contributed by atoms with E-state index in [-0.39, 0.29) is 5.78 Å². The van der Waals surface area contributed by atoms with Crippen molar-refractivity contribution >= 4 is 5.78 Å². The van der Waals surface area contributed by atoms with Gasteiger partial charge in [0, 0.05) is 6.42 Å². The molecule has 0 spiro atoms. The minimum absolute atomic E-state index is 0.280. The van der Waals surface area contributed by atoms with Gasteiger partial charge in [-0.15, -0.1) is 6.58 Å². The predicted molar refractivity (Wildman–Crippen MR) is 46.3 cm³/mol. The molecule has 1 nitrogen and oxygen atoms in total. The molecule has 0 fully saturated rings. The second-order valence-corrected chi connectivity index (χ2v) is 3.11. The summed E-state index contributed by atoms with van der Waals surface area (Å²) >= 11 is 0. The summed E-state index contributed by atoms with van der Waals surface area (Å²) in [5.41, 5.74) is 1.22. The fraction of sp³-hybridized carbons (Fsp3) is 0.500. The number of carbonyl (C=O) groups excluding carboxylic acids is 1. The van der Waals surface area contributed by atoms with E-state index in [1.807, 2.05) is 13.0 Å². The van der Waals surface area contributed by atoms with Gasteiger partial charge in [0.15, 0.2) is 5.78 Å². The molecule has 0 saturated carbocycles. The van der Waals surface area contributed by atoms with Crippen LogP contribution >= 0.6 is 0 Å². The molecule has 0 N–H and O–H groups in total. The van der Waals surface area contributed by atoms with Gasteiger partial charge in [-0.3, -0.25) is 4.79 Å². The van der Waals surface area contributed by atoms with E-state index in [1.165, 1.54) is 5.57 Å². The number of hydrogen-bond donors (Lipinski definition) is 0. The Morgan fingerprint density at radius 1 is 1.82 bits per heavy atom. The van der Waals surface area contributed by atoms with Crippen molar-refractivity contribution in [2.75, 3.05) is 0 Å². The number of carbonyl (C=O) groups is 1. The Bertz CT molecular complexity index is 201. The first-order valence-electron chi connectivity index (χ1n) is 4.06. The highest BCUT2D eigenvalue weighted by Gasteiger charge is 2.16. The van der Waals surface area contributed by atoms with Gasteiger partial charge in [-0.1, -0.05) is 11.6 Å². The van der Waals surface area contributed by atoms with Crippen LogP contribution in [0.3, 0.4) is 0 Å². The lowest BCUT2D eigenvalue weighted by Gasteiger charge is -2.18. The van der Waals surface area contributed by atoms with Gasteiger partial charge in [0.25, 0.3) is 0 Å². The van der Waals surface area contributed by atoms with Crippen LogP contribution in [0.2, 0.25) is 0 Å². The van der Waals surface area contributed by atoms with Gasteiger partial charge in [0.05, 0.1) is 0 Å². The van der Waals surface area contributed by atoms with Crippen LogP contribution in [0.15, 0.2) is 24.3 Å². The number of rotatable bonds is 2. The highest BCUT2D eigenvalue weighted by atomic mass is 16.1. The summed E-state index contributed by atoms with van der Waals surface area (Å²) in [6.45, 7) is 5.73. The highest BCUT2D eigenvalue weighted by Crippen LogP contribution is 2.25. The molecule has 1 unspecified atom stereocenters. The minimum Gasteiger partial charge on any atom is -0.295 e. The minimum atomic E-state index is 0.280. The maximum absolute atomic E-state index is 10.9. The zero-order valence-electron chi connectivity index (χ0n) is 6.97. The van der Waals surface area contributed by atoms with Crippen LogP contribution < -0.4 is 0 Å². The van der Waals surface area contributed by atoms with Crippen LogP contribution in [-0.2, 0) is 4.79 Å². The summed E-state index contributed by atoms with van der Waals surface area (Å²) in [4.78, 5) is 10.9. The molecule has 0 radical (unpaired) electrons. The summed E-state index contributed by atoms with van der Waals surface area (Å²) in [5, 5.41) is 0. The Morgan fingerprint density at radius 2 is 2.55 bits per heavy atom. The second kappa shape index (κ2) is 3.51. The molecule has 0 heterocycles. The van der Waals surface area contributed by atoms with E-state index in [2.05, 4.69) is 6.58 Å². The van der Waals surface area contributed by atoms with Crippen molar-refractivity contribution in [1.82, 2.24) is 0 Å². The number of allylic oxidation sites excluding steroid dienone is 3. The third-order valence-electron chi connectivity index (χ3n) is 2.22. The summed E-state index contributed by atoms with van der Waals surface area (Å²) in [6.07, 6.45) is 6.44. The second-order valence-electron chi connectivity index (χ2n) is 3.11. The van der Waals surface area contributed by atoms with Crippen LogP contribution in [0.1, 0.15) is 26.2 Å². The summed E-state index contributed by atoms with van der Waals surface area (Å²) in [7, 11) is 0. The van der Waals surface area contributed by atoms with Gasteiger partial charge >= 0.3 is 0 Å². The largest absolute Gasteiger partial charge is 0.295 e. The van der Waals surface area contributed by atoms with Crippen LogP contribution in [0, 0.1) is 5.92 Å². The topological polar surface area (TPSA) is 17.1 Å². The summed E-state index contributed by atoms with van der Waals surface area (Å²) in [6, 6.07) is 0. The van der Waals surface area contributed by atoms with Crippen LogP contribution in [0.5, 0.6) is 0 Å². The Kier molecular flexibility index (Phi) is 2.64. The molecule has 0 aromatic rings. The molecule has 0 aromatic heterocycles. The molecule has 0 amide bonds. The monoisotopic (exact) mass is 150 g/mol. The molecular weight excluding hydrogens is 136 g/mol. The highest BCUT2D eigenvalue weighted by molar-refractivity contribution is 5.91. The van der Waals surface area contributed by atoms with Gasteiger partial charge in [-0.25, -0.2) is 0 Å². The lowest BCUT2D eigenvalue weighted by atomic mass is 9.86. The van der Waals surface area contributed by atoms with E-state index in [9.17, 15) is 4.79 Å². The van der Waals surface area contributed by atoms with Gasteiger partial charge in [0.1, 0.15) is 0 Å². The third-order valence-corrected chi connectivity index (χ3v) is 2.22. The molecule has 0 aromatic carbocycles. The quantitative estimate of drug-likeness (QED) is 0.553. The molecule has 1 rings (SSSR count). The van der Waals surface area contributed by atoms with E-state index in [0.29, 0.717) is 5.92 Å². The van der Waals surface area contributed by atoms with Gasteiger partial charge in [0.2, 0.25) is 0 Å². The molecule has 1 atom stereocenters.